The molecule has 1 aromatic rings. The van der Waals surface area contributed by atoms with Crippen LogP contribution in [0.3, 0.4) is 0 Å². The minimum absolute atomic E-state index is 0.0208. The van der Waals surface area contributed by atoms with Gasteiger partial charge in [-0.2, -0.15) is 0 Å². The molecule has 0 spiro atoms. The van der Waals surface area contributed by atoms with Gasteiger partial charge in [0.15, 0.2) is 0 Å². The summed E-state index contributed by atoms with van der Waals surface area (Å²) in [5.41, 5.74) is 1.69. The summed E-state index contributed by atoms with van der Waals surface area (Å²) in [6.07, 6.45) is 3.90. The average molecular weight is 358 g/mol. The third-order valence-corrected chi connectivity index (χ3v) is 4.66. The number of rotatable bonds is 5. The summed E-state index contributed by atoms with van der Waals surface area (Å²) in [7, 11) is 0. The van der Waals surface area contributed by atoms with Gasteiger partial charge in [-0.3, -0.25) is 0 Å². The summed E-state index contributed by atoms with van der Waals surface area (Å²) < 4.78 is 11.6. The molecule has 6 nitrogen and oxygen atoms in total. The Morgan fingerprint density at radius 3 is 2.58 bits per heavy atom. The zero-order chi connectivity index (χ0) is 18.7. The van der Waals surface area contributed by atoms with Crippen LogP contribution in [0.4, 0.5) is 4.79 Å². The van der Waals surface area contributed by atoms with E-state index in [4.69, 9.17) is 9.47 Å². The molecule has 0 aromatic heterocycles. The van der Waals surface area contributed by atoms with Gasteiger partial charge in [-0.1, -0.05) is 18.2 Å². The van der Waals surface area contributed by atoms with Crippen LogP contribution in [0, 0.1) is 0 Å². The van der Waals surface area contributed by atoms with Crippen LogP contribution in [0.15, 0.2) is 35.5 Å². The minimum Gasteiger partial charge on any atom is -0.491 e. The molecule has 140 valence electrons. The Labute approximate surface area is 153 Å². The van der Waals surface area contributed by atoms with Crippen molar-refractivity contribution in [2.24, 2.45) is 0 Å². The van der Waals surface area contributed by atoms with Crippen LogP contribution in [0.2, 0.25) is 0 Å². The number of para-hydroxylation sites is 1. The van der Waals surface area contributed by atoms with Gasteiger partial charge < -0.3 is 20.1 Å². The number of hydrogen-bond acceptors (Lipinski definition) is 4. The topological polar surface area (TPSA) is 76.7 Å². The predicted octanol–water partition coefficient (Wildman–Crippen LogP) is 3.59. The van der Waals surface area contributed by atoms with E-state index in [1.165, 1.54) is 0 Å². The molecule has 1 aromatic carbocycles. The number of ether oxygens (including phenoxy) is 2. The van der Waals surface area contributed by atoms with Gasteiger partial charge in [-0.05, 0) is 52.5 Å². The number of carbonyl (C=O) groups excluding carboxylic acids is 2. The Morgan fingerprint density at radius 2 is 1.88 bits per heavy atom. The second kappa shape index (κ2) is 7.81. The first kappa shape index (κ1) is 18.3. The lowest BCUT2D eigenvalue weighted by atomic mass is 9.94. The Kier molecular flexibility index (Phi) is 5.49. The highest BCUT2D eigenvalue weighted by Crippen LogP contribution is 2.34. The molecule has 26 heavy (non-hydrogen) atoms. The Hall–Kier alpha value is -2.50. The highest BCUT2D eigenvalue weighted by Gasteiger charge is 2.35. The van der Waals surface area contributed by atoms with Gasteiger partial charge in [-0.15, -0.1) is 0 Å². The number of hydrogen-bond donors (Lipinski definition) is 2. The van der Waals surface area contributed by atoms with Crippen molar-refractivity contribution in [3.63, 3.8) is 0 Å². The van der Waals surface area contributed by atoms with E-state index in [-0.39, 0.29) is 24.2 Å². The molecule has 1 aliphatic heterocycles. The van der Waals surface area contributed by atoms with E-state index in [9.17, 15) is 9.59 Å². The lowest BCUT2D eigenvalue weighted by molar-refractivity contribution is -0.144. The van der Waals surface area contributed by atoms with E-state index >= 15 is 0 Å². The number of esters is 1. The van der Waals surface area contributed by atoms with Crippen molar-refractivity contribution in [3.05, 3.63) is 41.1 Å². The summed E-state index contributed by atoms with van der Waals surface area (Å²) in [4.78, 5) is 24.9. The molecular weight excluding hydrogens is 332 g/mol. The maximum Gasteiger partial charge on any atom is 0.338 e. The molecule has 1 saturated carbocycles. The van der Waals surface area contributed by atoms with Crippen LogP contribution in [-0.2, 0) is 9.53 Å². The molecule has 3 rings (SSSR count). The van der Waals surface area contributed by atoms with Crippen molar-refractivity contribution in [2.75, 3.05) is 0 Å². The van der Waals surface area contributed by atoms with E-state index < -0.39 is 6.04 Å². The molecule has 1 aliphatic carbocycles. The van der Waals surface area contributed by atoms with Gasteiger partial charge in [0.2, 0.25) is 0 Å². The van der Waals surface area contributed by atoms with E-state index in [2.05, 4.69) is 10.6 Å². The molecule has 1 fully saturated rings. The van der Waals surface area contributed by atoms with Crippen LogP contribution in [0.5, 0.6) is 5.75 Å². The van der Waals surface area contributed by atoms with Crippen LogP contribution in [0.25, 0.3) is 0 Å². The number of nitrogens with one attached hydrogen (secondary N) is 2. The highest BCUT2D eigenvalue weighted by atomic mass is 16.5. The van der Waals surface area contributed by atoms with Crippen molar-refractivity contribution in [2.45, 2.75) is 64.7 Å². The van der Waals surface area contributed by atoms with Crippen molar-refractivity contribution >= 4 is 12.0 Å². The molecule has 0 saturated heterocycles. The number of urea groups is 1. The number of allylic oxidation sites excluding steroid dienone is 1. The second-order valence-electron chi connectivity index (χ2n) is 7.09. The van der Waals surface area contributed by atoms with Crippen molar-refractivity contribution < 1.29 is 19.1 Å². The first-order chi connectivity index (χ1) is 12.5. The largest absolute Gasteiger partial charge is 0.491 e. The first-order valence-electron chi connectivity index (χ1n) is 9.20. The predicted molar refractivity (Wildman–Crippen MR) is 97.7 cm³/mol. The summed E-state index contributed by atoms with van der Waals surface area (Å²) in [5.74, 6) is 0.264. The lowest BCUT2D eigenvalue weighted by Gasteiger charge is -2.30. The number of amides is 2. The van der Waals surface area contributed by atoms with E-state index in [0.29, 0.717) is 17.0 Å². The average Bonchev–Trinajstić information content (AvgIpc) is 3.06. The second-order valence-corrected chi connectivity index (χ2v) is 7.09. The summed E-state index contributed by atoms with van der Waals surface area (Å²) in [6.45, 7) is 5.60. The molecule has 1 unspecified atom stereocenters. The molecule has 6 heteroatoms. The monoisotopic (exact) mass is 358 g/mol. The molecule has 2 amide bonds. The number of carbonyl (C=O) groups is 2. The quantitative estimate of drug-likeness (QED) is 0.789. The molecule has 2 N–H and O–H groups in total. The van der Waals surface area contributed by atoms with Gasteiger partial charge >= 0.3 is 12.0 Å². The summed E-state index contributed by atoms with van der Waals surface area (Å²) in [5, 5.41) is 5.53. The van der Waals surface area contributed by atoms with Gasteiger partial charge in [-0.25, -0.2) is 9.59 Å². The third-order valence-electron chi connectivity index (χ3n) is 4.66. The van der Waals surface area contributed by atoms with Crippen LogP contribution >= 0.6 is 0 Å². The fourth-order valence-electron chi connectivity index (χ4n) is 3.50. The maximum absolute atomic E-state index is 12.9. The van der Waals surface area contributed by atoms with Gasteiger partial charge in [0, 0.05) is 11.3 Å². The molecule has 0 bridgehead atoms. The number of benzene rings is 1. The van der Waals surface area contributed by atoms with Crippen LogP contribution in [-0.4, -0.2) is 24.2 Å². The fraction of sp³-hybridized carbons (Fsp3) is 0.500. The zero-order valence-electron chi connectivity index (χ0n) is 15.5. The van der Waals surface area contributed by atoms with Crippen molar-refractivity contribution in [1.82, 2.24) is 10.6 Å². The van der Waals surface area contributed by atoms with Crippen molar-refractivity contribution in [1.29, 1.82) is 0 Å². The van der Waals surface area contributed by atoms with Gasteiger partial charge in [0.05, 0.1) is 17.7 Å². The standard InChI is InChI=1S/C20H26N2O4/c1-12(2)25-16-11-7-6-10-15(16)18-17(13(3)21-20(24)22-18)19(23)26-14-8-4-5-9-14/h6-7,10-12,14,18H,4-5,8-9H2,1-3H3,(H2,21,22,24). The highest BCUT2D eigenvalue weighted by molar-refractivity contribution is 5.95. The van der Waals surface area contributed by atoms with Gasteiger partial charge in [0.1, 0.15) is 11.9 Å². The Balaban J connectivity index is 1.94. The van der Waals surface area contributed by atoms with E-state index in [0.717, 1.165) is 31.2 Å². The normalized spacial score (nSPS) is 20.8. The summed E-state index contributed by atoms with van der Waals surface area (Å²) in [6, 6.07) is 6.50. The van der Waals surface area contributed by atoms with Crippen molar-refractivity contribution in [3.8, 4) is 5.75 Å². The Bertz CT molecular complexity index is 720. The molecule has 2 aliphatic rings. The first-order valence-corrected chi connectivity index (χ1v) is 9.20. The third kappa shape index (κ3) is 4.00. The Morgan fingerprint density at radius 1 is 1.19 bits per heavy atom. The molecule has 1 atom stereocenters. The van der Waals surface area contributed by atoms with E-state index in [1.54, 1.807) is 6.92 Å². The van der Waals surface area contributed by atoms with Gasteiger partial charge in [0.25, 0.3) is 0 Å². The molecule has 0 radical (unpaired) electrons. The minimum atomic E-state index is -0.604. The summed E-state index contributed by atoms with van der Waals surface area (Å²) >= 11 is 0. The van der Waals surface area contributed by atoms with Crippen LogP contribution in [0.1, 0.15) is 58.1 Å². The maximum atomic E-state index is 12.9. The molecular formula is C20H26N2O4. The smallest absolute Gasteiger partial charge is 0.338 e. The molecule has 1 heterocycles. The van der Waals surface area contributed by atoms with E-state index in [1.807, 2.05) is 38.1 Å². The lowest BCUT2D eigenvalue weighted by Crippen LogP contribution is -2.45. The zero-order valence-corrected chi connectivity index (χ0v) is 15.5. The SMILES string of the molecule is CC1=C(C(=O)OC2CCCC2)C(c2ccccc2OC(C)C)NC(=O)N1. The fourth-order valence-corrected chi connectivity index (χ4v) is 3.50. The van der Waals surface area contributed by atoms with Crippen LogP contribution < -0.4 is 15.4 Å².